The van der Waals surface area contributed by atoms with Crippen LogP contribution in [0.3, 0.4) is 0 Å². The zero-order chi connectivity index (χ0) is 17.8. The number of anilines is 1. The Morgan fingerprint density at radius 1 is 1.04 bits per heavy atom. The van der Waals surface area contributed by atoms with Crippen LogP contribution < -0.4 is 5.32 Å². The summed E-state index contributed by atoms with van der Waals surface area (Å²) in [6, 6.07) is 17.3. The van der Waals surface area contributed by atoms with E-state index >= 15 is 0 Å². The molecule has 0 fully saturated rings. The zero-order valence-electron chi connectivity index (χ0n) is 13.9. The standard InChI is InChI=1S/C19H16N6O/c26-19(23-16-6-2-1-3-7-16)12-24-11-15(10-22-25-13-20-21-14-25)17-8-4-5-9-18(17)24/h1-11,13-14H,12H2,(H,23,26). The molecular weight excluding hydrogens is 328 g/mol. The molecule has 0 radical (unpaired) electrons. The van der Waals surface area contributed by atoms with Crippen LogP contribution in [0.2, 0.25) is 0 Å². The van der Waals surface area contributed by atoms with Crippen LogP contribution in [-0.4, -0.2) is 31.6 Å². The number of hydrogen-bond donors (Lipinski definition) is 1. The third-order valence-electron chi connectivity index (χ3n) is 3.93. The fourth-order valence-corrected chi connectivity index (χ4v) is 2.77. The Bertz CT molecular complexity index is 1050. The molecule has 0 spiro atoms. The molecule has 26 heavy (non-hydrogen) atoms. The summed E-state index contributed by atoms with van der Waals surface area (Å²) in [6.45, 7) is 0.218. The first-order valence-electron chi connectivity index (χ1n) is 8.11. The van der Waals surface area contributed by atoms with Crippen LogP contribution >= 0.6 is 0 Å². The smallest absolute Gasteiger partial charge is 0.244 e. The van der Waals surface area contributed by atoms with E-state index in [-0.39, 0.29) is 12.5 Å². The Morgan fingerprint density at radius 2 is 1.77 bits per heavy atom. The van der Waals surface area contributed by atoms with Crippen LogP contribution in [0.4, 0.5) is 5.69 Å². The highest BCUT2D eigenvalue weighted by atomic mass is 16.1. The van der Waals surface area contributed by atoms with E-state index in [1.54, 1.807) is 6.21 Å². The van der Waals surface area contributed by atoms with Crippen molar-refractivity contribution in [2.24, 2.45) is 5.10 Å². The van der Waals surface area contributed by atoms with Gasteiger partial charge in [-0.1, -0.05) is 36.4 Å². The van der Waals surface area contributed by atoms with Crippen molar-refractivity contribution in [3.8, 4) is 0 Å². The molecular formula is C19H16N6O. The Balaban J connectivity index is 1.60. The zero-order valence-corrected chi connectivity index (χ0v) is 13.9. The number of para-hydroxylation sites is 2. The Morgan fingerprint density at radius 3 is 2.58 bits per heavy atom. The fourth-order valence-electron chi connectivity index (χ4n) is 2.77. The molecule has 0 aliphatic rings. The van der Waals surface area contributed by atoms with Gasteiger partial charge in [0.2, 0.25) is 5.91 Å². The first-order valence-corrected chi connectivity index (χ1v) is 8.11. The second-order valence-electron chi connectivity index (χ2n) is 5.73. The molecule has 0 saturated carbocycles. The molecule has 0 aliphatic heterocycles. The number of fused-ring (bicyclic) bond motifs is 1. The summed E-state index contributed by atoms with van der Waals surface area (Å²) in [4.78, 5) is 12.4. The van der Waals surface area contributed by atoms with E-state index < -0.39 is 0 Å². The van der Waals surface area contributed by atoms with Gasteiger partial charge >= 0.3 is 0 Å². The van der Waals surface area contributed by atoms with E-state index in [9.17, 15) is 4.79 Å². The fraction of sp³-hybridized carbons (Fsp3) is 0.0526. The third-order valence-corrected chi connectivity index (χ3v) is 3.93. The number of amides is 1. The van der Waals surface area contributed by atoms with Crippen molar-refractivity contribution in [2.45, 2.75) is 6.54 Å². The summed E-state index contributed by atoms with van der Waals surface area (Å²) in [6.07, 6.45) is 6.69. The number of hydrogen-bond acceptors (Lipinski definition) is 4. The SMILES string of the molecule is O=C(Cn1cc(C=Nn2cnnc2)c2ccccc21)Nc1ccccc1. The Kier molecular flexibility index (Phi) is 4.26. The molecule has 7 heteroatoms. The van der Waals surface area contributed by atoms with Gasteiger partial charge in [-0.25, -0.2) is 4.68 Å². The minimum atomic E-state index is -0.0840. The maximum Gasteiger partial charge on any atom is 0.244 e. The van der Waals surface area contributed by atoms with E-state index in [0.717, 1.165) is 22.2 Å². The van der Waals surface area contributed by atoms with Crippen LogP contribution in [0, 0.1) is 0 Å². The highest BCUT2D eigenvalue weighted by molar-refractivity contribution is 6.00. The average molecular weight is 344 g/mol. The summed E-state index contributed by atoms with van der Waals surface area (Å²) in [5.41, 5.74) is 2.67. The van der Waals surface area contributed by atoms with Crippen molar-refractivity contribution in [1.29, 1.82) is 0 Å². The lowest BCUT2D eigenvalue weighted by Gasteiger charge is -2.07. The monoisotopic (exact) mass is 344 g/mol. The van der Waals surface area contributed by atoms with Crippen LogP contribution in [0.5, 0.6) is 0 Å². The minimum absolute atomic E-state index is 0.0840. The van der Waals surface area contributed by atoms with Crippen molar-refractivity contribution in [2.75, 3.05) is 5.32 Å². The van der Waals surface area contributed by atoms with E-state index in [2.05, 4.69) is 20.6 Å². The van der Waals surface area contributed by atoms with Crippen molar-refractivity contribution in [3.05, 3.63) is 79.0 Å². The molecule has 4 aromatic rings. The van der Waals surface area contributed by atoms with E-state index in [0.29, 0.717) is 0 Å². The highest BCUT2D eigenvalue weighted by Crippen LogP contribution is 2.20. The first-order chi connectivity index (χ1) is 12.8. The molecule has 1 amide bonds. The summed E-state index contributed by atoms with van der Waals surface area (Å²) >= 11 is 0. The number of nitrogens with zero attached hydrogens (tertiary/aromatic N) is 5. The van der Waals surface area contributed by atoms with Gasteiger partial charge in [0.15, 0.2) is 0 Å². The minimum Gasteiger partial charge on any atom is -0.337 e. The maximum absolute atomic E-state index is 12.4. The molecule has 7 nitrogen and oxygen atoms in total. The molecule has 4 rings (SSSR count). The number of aromatic nitrogens is 4. The van der Waals surface area contributed by atoms with Crippen LogP contribution in [0.25, 0.3) is 10.9 Å². The van der Waals surface area contributed by atoms with E-state index in [1.165, 1.54) is 17.3 Å². The van der Waals surface area contributed by atoms with Crippen molar-refractivity contribution in [1.82, 2.24) is 19.4 Å². The van der Waals surface area contributed by atoms with Gasteiger partial charge in [0, 0.05) is 28.4 Å². The first kappa shape index (κ1) is 15.8. The van der Waals surface area contributed by atoms with Gasteiger partial charge in [-0.2, -0.15) is 5.10 Å². The number of benzene rings is 2. The largest absolute Gasteiger partial charge is 0.337 e. The Hall–Kier alpha value is -3.74. The molecule has 0 saturated heterocycles. The molecule has 0 aliphatic carbocycles. The number of carbonyl (C=O) groups is 1. The van der Waals surface area contributed by atoms with Gasteiger partial charge in [0.25, 0.3) is 0 Å². The highest BCUT2D eigenvalue weighted by Gasteiger charge is 2.10. The average Bonchev–Trinajstić information content (AvgIpc) is 3.29. The lowest BCUT2D eigenvalue weighted by Crippen LogP contribution is -2.18. The van der Waals surface area contributed by atoms with Gasteiger partial charge in [-0.3, -0.25) is 4.79 Å². The molecule has 128 valence electrons. The third kappa shape index (κ3) is 3.36. The van der Waals surface area contributed by atoms with Gasteiger partial charge < -0.3 is 9.88 Å². The molecule has 0 unspecified atom stereocenters. The molecule has 2 aromatic carbocycles. The normalized spacial score (nSPS) is 11.2. The predicted octanol–water partition coefficient (Wildman–Crippen LogP) is 2.75. The number of nitrogens with one attached hydrogen (secondary N) is 1. The maximum atomic E-state index is 12.4. The summed E-state index contributed by atoms with van der Waals surface area (Å²) in [5.74, 6) is -0.0840. The van der Waals surface area contributed by atoms with Crippen LogP contribution in [0.15, 0.2) is 78.6 Å². The van der Waals surface area contributed by atoms with E-state index in [4.69, 9.17) is 0 Å². The lowest BCUT2D eigenvalue weighted by molar-refractivity contribution is -0.116. The molecule has 1 N–H and O–H groups in total. The van der Waals surface area contributed by atoms with Crippen molar-refractivity contribution < 1.29 is 4.79 Å². The van der Waals surface area contributed by atoms with Crippen LogP contribution in [-0.2, 0) is 11.3 Å². The van der Waals surface area contributed by atoms with Gasteiger partial charge in [0.1, 0.15) is 19.2 Å². The number of carbonyl (C=O) groups excluding carboxylic acids is 1. The second kappa shape index (κ2) is 7.02. The molecule has 0 atom stereocenters. The molecule has 0 bridgehead atoms. The Labute approximate surface area is 149 Å². The quantitative estimate of drug-likeness (QED) is 0.566. The van der Waals surface area contributed by atoms with Gasteiger partial charge in [-0.15, -0.1) is 10.2 Å². The van der Waals surface area contributed by atoms with Crippen molar-refractivity contribution >= 4 is 28.7 Å². The van der Waals surface area contributed by atoms with Crippen LogP contribution in [0.1, 0.15) is 5.56 Å². The van der Waals surface area contributed by atoms with E-state index in [1.807, 2.05) is 65.4 Å². The second-order valence-corrected chi connectivity index (χ2v) is 5.73. The summed E-state index contributed by atoms with van der Waals surface area (Å²) in [5, 5.41) is 15.7. The molecule has 2 heterocycles. The molecule has 2 aromatic heterocycles. The number of rotatable bonds is 5. The predicted molar refractivity (Wildman–Crippen MR) is 100 cm³/mol. The lowest BCUT2D eigenvalue weighted by atomic mass is 10.2. The van der Waals surface area contributed by atoms with Gasteiger partial charge in [0.05, 0.1) is 6.21 Å². The summed E-state index contributed by atoms with van der Waals surface area (Å²) < 4.78 is 3.44. The van der Waals surface area contributed by atoms with Crippen molar-refractivity contribution in [3.63, 3.8) is 0 Å². The van der Waals surface area contributed by atoms with Gasteiger partial charge in [-0.05, 0) is 18.2 Å². The summed E-state index contributed by atoms with van der Waals surface area (Å²) in [7, 11) is 0. The topological polar surface area (TPSA) is 77.1 Å².